The summed E-state index contributed by atoms with van der Waals surface area (Å²) in [7, 11) is 0. The number of aromatic nitrogens is 5. The highest BCUT2D eigenvalue weighted by atomic mass is 16.2. The number of nitrogens with zero attached hydrogens (tertiary/aromatic N) is 5. The highest BCUT2D eigenvalue weighted by Gasteiger charge is 2.25. The summed E-state index contributed by atoms with van der Waals surface area (Å²) >= 11 is 0. The minimum Gasteiger partial charge on any atom is -0.324 e. The van der Waals surface area contributed by atoms with Crippen LogP contribution in [0, 0.1) is 0 Å². The van der Waals surface area contributed by atoms with Crippen LogP contribution in [-0.2, 0) is 6.54 Å². The van der Waals surface area contributed by atoms with Gasteiger partial charge in [-0.25, -0.2) is 4.79 Å². The third-order valence-corrected chi connectivity index (χ3v) is 3.90. The fraction of sp³-hybridized carbons (Fsp3) is 0.571. The third-order valence-electron chi connectivity index (χ3n) is 3.90. The Balaban J connectivity index is 1.59. The molecule has 2 aromatic heterocycles. The van der Waals surface area contributed by atoms with Crippen molar-refractivity contribution in [2.24, 2.45) is 0 Å². The van der Waals surface area contributed by atoms with Crippen LogP contribution in [0.4, 0.5) is 10.6 Å². The molecule has 0 aliphatic carbocycles. The number of hydrogen-bond acceptors (Lipinski definition) is 4. The lowest BCUT2D eigenvalue weighted by molar-refractivity contribution is 0.192. The monoisotopic (exact) mass is 303 g/mol. The number of aryl methyl sites for hydroxylation is 1. The Morgan fingerprint density at radius 3 is 3.23 bits per heavy atom. The van der Waals surface area contributed by atoms with E-state index in [-0.39, 0.29) is 6.03 Å². The van der Waals surface area contributed by atoms with Crippen molar-refractivity contribution in [1.29, 1.82) is 0 Å². The van der Waals surface area contributed by atoms with Crippen LogP contribution < -0.4 is 5.32 Å². The predicted molar refractivity (Wildman–Crippen MR) is 81.5 cm³/mol. The first-order valence-electron chi connectivity index (χ1n) is 7.71. The first kappa shape index (κ1) is 14.6. The summed E-state index contributed by atoms with van der Waals surface area (Å²) in [6.45, 7) is 4.33. The number of amides is 2. The van der Waals surface area contributed by atoms with Crippen molar-refractivity contribution in [3.63, 3.8) is 0 Å². The van der Waals surface area contributed by atoms with Crippen LogP contribution in [0.15, 0.2) is 18.5 Å². The highest BCUT2D eigenvalue weighted by molar-refractivity contribution is 5.88. The molecule has 1 aliphatic heterocycles. The molecule has 8 nitrogen and oxygen atoms in total. The molecule has 1 atom stereocenters. The summed E-state index contributed by atoms with van der Waals surface area (Å²) in [6, 6.07) is 1.86. The standard InChI is InChI=1S/C14H21N7O/c1-2-7-21-10-13(18-19-21)16-14(22)20-8-3-4-11(9-20)12-5-6-15-17-12/h5-6,10-11H,2-4,7-9H2,1H3,(H,15,17)(H,16,22)/t11-/m0/s1. The average molecular weight is 303 g/mol. The van der Waals surface area contributed by atoms with Crippen molar-refractivity contribution in [3.8, 4) is 0 Å². The summed E-state index contributed by atoms with van der Waals surface area (Å²) in [5.41, 5.74) is 1.09. The smallest absolute Gasteiger partial charge is 0.323 e. The van der Waals surface area contributed by atoms with Gasteiger partial charge in [-0.3, -0.25) is 15.1 Å². The first-order valence-corrected chi connectivity index (χ1v) is 7.71. The molecular weight excluding hydrogens is 282 g/mol. The van der Waals surface area contributed by atoms with Crippen molar-refractivity contribution < 1.29 is 4.79 Å². The summed E-state index contributed by atoms with van der Waals surface area (Å²) in [4.78, 5) is 14.2. The number of nitrogens with one attached hydrogen (secondary N) is 2. The van der Waals surface area contributed by atoms with Crippen LogP contribution in [0.2, 0.25) is 0 Å². The minimum absolute atomic E-state index is 0.118. The van der Waals surface area contributed by atoms with Gasteiger partial charge in [-0.2, -0.15) is 5.10 Å². The van der Waals surface area contributed by atoms with E-state index < -0.39 is 0 Å². The van der Waals surface area contributed by atoms with Gasteiger partial charge in [0.25, 0.3) is 0 Å². The zero-order chi connectivity index (χ0) is 15.4. The summed E-state index contributed by atoms with van der Waals surface area (Å²) < 4.78 is 1.74. The van der Waals surface area contributed by atoms with E-state index in [1.807, 2.05) is 11.0 Å². The maximum absolute atomic E-state index is 12.4. The van der Waals surface area contributed by atoms with Gasteiger partial charge in [0, 0.05) is 37.4 Å². The molecule has 22 heavy (non-hydrogen) atoms. The van der Waals surface area contributed by atoms with E-state index in [0.29, 0.717) is 18.3 Å². The number of anilines is 1. The number of carbonyl (C=O) groups is 1. The molecular formula is C14H21N7O. The molecule has 0 radical (unpaired) electrons. The van der Waals surface area contributed by atoms with E-state index in [4.69, 9.17) is 0 Å². The van der Waals surface area contributed by atoms with Crippen molar-refractivity contribution in [2.45, 2.75) is 38.6 Å². The van der Waals surface area contributed by atoms with Gasteiger partial charge in [-0.1, -0.05) is 12.1 Å². The summed E-state index contributed by atoms with van der Waals surface area (Å²) in [6.07, 6.45) is 6.55. The molecule has 118 valence electrons. The van der Waals surface area contributed by atoms with Gasteiger partial charge in [0.15, 0.2) is 5.82 Å². The molecule has 2 amide bonds. The van der Waals surface area contributed by atoms with E-state index in [1.54, 1.807) is 17.1 Å². The highest BCUT2D eigenvalue weighted by Crippen LogP contribution is 2.25. The number of H-pyrrole nitrogens is 1. The number of piperidine rings is 1. The molecule has 8 heteroatoms. The van der Waals surface area contributed by atoms with Gasteiger partial charge in [0.2, 0.25) is 0 Å². The van der Waals surface area contributed by atoms with Crippen molar-refractivity contribution >= 4 is 11.8 Å². The van der Waals surface area contributed by atoms with Crippen molar-refractivity contribution in [3.05, 3.63) is 24.2 Å². The Morgan fingerprint density at radius 2 is 2.45 bits per heavy atom. The molecule has 0 spiro atoms. The molecule has 0 aromatic carbocycles. The van der Waals surface area contributed by atoms with Gasteiger partial charge in [0.05, 0.1) is 6.20 Å². The Kier molecular flexibility index (Phi) is 4.36. The second-order valence-electron chi connectivity index (χ2n) is 5.59. The quantitative estimate of drug-likeness (QED) is 0.901. The number of likely N-dealkylation sites (tertiary alicyclic amines) is 1. The molecule has 1 fully saturated rings. The predicted octanol–water partition coefficient (Wildman–Crippen LogP) is 1.82. The Morgan fingerprint density at radius 1 is 1.55 bits per heavy atom. The molecule has 3 heterocycles. The number of rotatable bonds is 4. The van der Waals surface area contributed by atoms with Crippen LogP contribution in [0.1, 0.15) is 37.8 Å². The van der Waals surface area contributed by atoms with Crippen molar-refractivity contribution in [2.75, 3.05) is 18.4 Å². The van der Waals surface area contributed by atoms with E-state index in [1.165, 1.54) is 0 Å². The van der Waals surface area contributed by atoms with Crippen LogP contribution in [-0.4, -0.2) is 49.2 Å². The molecule has 2 aromatic rings. The fourth-order valence-corrected chi connectivity index (χ4v) is 2.79. The molecule has 1 saturated heterocycles. The second-order valence-corrected chi connectivity index (χ2v) is 5.59. The topological polar surface area (TPSA) is 91.7 Å². The van der Waals surface area contributed by atoms with Crippen molar-refractivity contribution in [1.82, 2.24) is 30.1 Å². The SMILES string of the molecule is CCCn1cc(NC(=O)N2CCC[C@H](c3ccn[nH]3)C2)nn1. The molecule has 0 saturated carbocycles. The van der Waals surface area contributed by atoms with Gasteiger partial charge < -0.3 is 4.90 Å². The fourth-order valence-electron chi connectivity index (χ4n) is 2.79. The largest absolute Gasteiger partial charge is 0.324 e. The summed E-state index contributed by atoms with van der Waals surface area (Å²) in [5.74, 6) is 0.819. The third kappa shape index (κ3) is 3.26. The van der Waals surface area contributed by atoms with E-state index >= 15 is 0 Å². The van der Waals surface area contributed by atoms with Gasteiger partial charge in [0.1, 0.15) is 0 Å². The summed E-state index contributed by atoms with van der Waals surface area (Å²) in [5, 5.41) is 17.8. The molecule has 0 unspecified atom stereocenters. The Bertz CT molecular complexity index is 606. The van der Waals surface area contributed by atoms with Crippen LogP contribution >= 0.6 is 0 Å². The number of aromatic amines is 1. The molecule has 2 N–H and O–H groups in total. The average Bonchev–Trinajstić information content (AvgIpc) is 3.20. The molecule has 0 bridgehead atoms. The second kappa shape index (κ2) is 6.59. The molecule has 3 rings (SSSR count). The maximum Gasteiger partial charge on any atom is 0.323 e. The van der Waals surface area contributed by atoms with E-state index in [2.05, 4.69) is 32.7 Å². The van der Waals surface area contributed by atoms with Crippen LogP contribution in [0.3, 0.4) is 0 Å². The first-order chi connectivity index (χ1) is 10.8. The van der Waals surface area contributed by atoms with E-state index in [9.17, 15) is 4.79 Å². The normalized spacial score (nSPS) is 18.4. The zero-order valence-corrected chi connectivity index (χ0v) is 12.7. The number of hydrogen-bond donors (Lipinski definition) is 2. The van der Waals surface area contributed by atoms with Crippen LogP contribution in [0.25, 0.3) is 0 Å². The molecule has 1 aliphatic rings. The van der Waals surface area contributed by atoms with Gasteiger partial charge >= 0.3 is 6.03 Å². The van der Waals surface area contributed by atoms with Gasteiger partial charge in [-0.05, 0) is 25.3 Å². The Hall–Kier alpha value is -2.38. The van der Waals surface area contributed by atoms with Crippen LogP contribution in [0.5, 0.6) is 0 Å². The number of carbonyl (C=O) groups excluding carboxylic acids is 1. The Labute approximate surface area is 128 Å². The minimum atomic E-state index is -0.118. The number of urea groups is 1. The van der Waals surface area contributed by atoms with Gasteiger partial charge in [-0.15, -0.1) is 5.10 Å². The lowest BCUT2D eigenvalue weighted by Crippen LogP contribution is -2.41. The van der Waals surface area contributed by atoms with E-state index in [0.717, 1.165) is 38.0 Å². The zero-order valence-electron chi connectivity index (χ0n) is 12.7. The lowest BCUT2D eigenvalue weighted by atomic mass is 9.95. The maximum atomic E-state index is 12.4. The lowest BCUT2D eigenvalue weighted by Gasteiger charge is -2.31.